The molecule has 1 radical (unpaired) electrons. The van der Waals surface area contributed by atoms with Crippen molar-refractivity contribution in [2.45, 2.75) is 0 Å². The maximum atomic E-state index is 0. The van der Waals surface area contributed by atoms with Crippen molar-refractivity contribution in [3.63, 3.8) is 0 Å². The second-order valence-electron chi connectivity index (χ2n) is 0. The zero-order valence-electron chi connectivity index (χ0n) is 2.79. The fraction of sp³-hybridized carbons (Fsp3) is 0. The minimum atomic E-state index is 0. The molecule has 0 saturated carbocycles. The van der Waals surface area contributed by atoms with Gasteiger partial charge in [-0.2, -0.15) is 0 Å². The Morgan fingerprint density at radius 1 is 0.500 bits per heavy atom. The number of hydrogen-bond acceptors (Lipinski definition) is 0. The molecule has 0 spiro atoms. The van der Waals surface area contributed by atoms with Crippen molar-refractivity contribution < 1.29 is 39.0 Å². The molecule has 6 heavy (non-hydrogen) atoms. The second kappa shape index (κ2) is 133. The van der Waals surface area contributed by atoms with Gasteiger partial charge < -0.3 is 21.9 Å². The van der Waals surface area contributed by atoms with Crippen LogP contribution in [0.5, 0.6) is 0 Å². The van der Waals surface area contributed by atoms with E-state index in [2.05, 4.69) is 0 Å². The molecule has 0 aliphatic rings. The van der Waals surface area contributed by atoms with Gasteiger partial charge in [-0.15, -0.1) is 24.0 Å². The van der Waals surface area contributed by atoms with E-state index < -0.39 is 0 Å². The van der Waals surface area contributed by atoms with Crippen LogP contribution in [0.2, 0.25) is 0 Å². The van der Waals surface area contributed by atoms with Crippen molar-refractivity contribution in [2.24, 2.45) is 0 Å². The maximum absolute atomic E-state index is 0. The minimum absolute atomic E-state index is 0. The van der Waals surface area contributed by atoms with E-state index in [1.54, 1.807) is 0 Å². The van der Waals surface area contributed by atoms with Crippen molar-refractivity contribution in [3.8, 4) is 0 Å². The fourth-order valence-corrected chi connectivity index (χ4v) is 0. The molecular weight excluding hydrogens is 246 g/mol. The summed E-state index contributed by atoms with van der Waals surface area (Å²) < 4.78 is 0. The van der Waals surface area contributed by atoms with Crippen molar-refractivity contribution in [1.29, 1.82) is 0 Å². The summed E-state index contributed by atoms with van der Waals surface area (Å²) in [7, 11) is 0. The first-order chi connectivity index (χ1) is 0. The summed E-state index contributed by atoms with van der Waals surface area (Å²) in [5.41, 5.74) is 0. The van der Waals surface area contributed by atoms with Gasteiger partial charge in [0.05, 0.1) is 0 Å². The van der Waals surface area contributed by atoms with Crippen LogP contribution >= 0.6 is 24.0 Å². The molecule has 47 valence electrons. The Morgan fingerprint density at radius 2 is 0.500 bits per heavy atom. The van der Waals surface area contributed by atoms with Gasteiger partial charge in [-0.05, 0) is 0 Å². The van der Waals surface area contributed by atoms with E-state index in [1.165, 1.54) is 0 Å². The summed E-state index contributed by atoms with van der Waals surface area (Å²) in [6, 6.07) is 0. The van der Waals surface area contributed by atoms with Crippen molar-refractivity contribution >= 4 is 24.0 Å². The average Bonchev–Trinajstić information content (AvgIpc) is 0. The molecule has 0 aliphatic carbocycles. The number of rotatable bonds is 0. The van der Waals surface area contributed by atoms with Crippen LogP contribution in [0.3, 0.4) is 0 Å². The van der Waals surface area contributed by atoms with E-state index >= 15 is 0 Å². The van der Waals surface area contributed by atoms with Crippen LogP contribution in [0, 0.1) is 0 Å². The molecule has 0 aliphatic heterocycles. The first-order valence-corrected chi connectivity index (χ1v) is 0. The zero-order chi connectivity index (χ0) is 0. The standard InChI is InChI=1S/HI.Mn.4H2O/h1H;;4*1H2. The van der Waals surface area contributed by atoms with E-state index in [1.807, 2.05) is 0 Å². The fourth-order valence-electron chi connectivity index (χ4n) is 0. The Balaban J connectivity index is 0. The topological polar surface area (TPSA) is 126 Å². The number of halogens is 1. The molecule has 4 nitrogen and oxygen atoms in total. The van der Waals surface area contributed by atoms with Gasteiger partial charge in [0, 0.05) is 17.1 Å². The Kier molecular flexibility index (Phi) is 4910. The Morgan fingerprint density at radius 3 is 0.500 bits per heavy atom. The van der Waals surface area contributed by atoms with E-state index in [9.17, 15) is 0 Å². The monoisotopic (exact) mass is 255 g/mol. The Bertz CT molecular complexity index is 7.51. The summed E-state index contributed by atoms with van der Waals surface area (Å²) in [6.45, 7) is 0. The first kappa shape index (κ1) is 221. The van der Waals surface area contributed by atoms with Crippen LogP contribution in [-0.2, 0) is 17.1 Å². The molecule has 0 aromatic heterocycles. The molecule has 0 saturated heterocycles. The van der Waals surface area contributed by atoms with Gasteiger partial charge in [-0.3, -0.25) is 0 Å². The molecule has 8 N–H and O–H groups in total. The van der Waals surface area contributed by atoms with Crippen LogP contribution in [0.15, 0.2) is 0 Å². The summed E-state index contributed by atoms with van der Waals surface area (Å²) in [6.07, 6.45) is 0. The van der Waals surface area contributed by atoms with Gasteiger partial charge in [0.15, 0.2) is 0 Å². The zero-order valence-corrected chi connectivity index (χ0v) is 6.30. The molecule has 0 fully saturated rings. The van der Waals surface area contributed by atoms with E-state index in [-0.39, 0.29) is 63.0 Å². The Hall–Kier alpha value is 1.09. The minimum Gasteiger partial charge on any atom is -0.412 e. The molecule has 0 unspecified atom stereocenters. The van der Waals surface area contributed by atoms with Gasteiger partial charge in [0.2, 0.25) is 0 Å². The van der Waals surface area contributed by atoms with Crippen LogP contribution in [0.25, 0.3) is 0 Å². The van der Waals surface area contributed by atoms with E-state index in [4.69, 9.17) is 0 Å². The van der Waals surface area contributed by atoms with Crippen molar-refractivity contribution in [2.75, 3.05) is 0 Å². The Labute approximate surface area is 63.0 Å². The van der Waals surface area contributed by atoms with Crippen LogP contribution in [0.1, 0.15) is 0 Å². The summed E-state index contributed by atoms with van der Waals surface area (Å²) in [5, 5.41) is 0. The van der Waals surface area contributed by atoms with Gasteiger partial charge in [0.25, 0.3) is 0 Å². The van der Waals surface area contributed by atoms with Crippen molar-refractivity contribution in [3.05, 3.63) is 0 Å². The largest absolute Gasteiger partial charge is 0.412 e. The molecule has 0 atom stereocenters. The smallest absolute Gasteiger partial charge is 0 e. The molecule has 0 bridgehead atoms. The van der Waals surface area contributed by atoms with Crippen LogP contribution in [0.4, 0.5) is 0 Å². The molecule has 0 amide bonds. The molecule has 0 aromatic rings. The average molecular weight is 255 g/mol. The normalized spacial score (nSPS) is 0. The second-order valence-corrected chi connectivity index (χ2v) is 0. The van der Waals surface area contributed by atoms with Gasteiger partial charge in [-0.1, -0.05) is 0 Å². The van der Waals surface area contributed by atoms with Crippen molar-refractivity contribution in [1.82, 2.24) is 0 Å². The summed E-state index contributed by atoms with van der Waals surface area (Å²) in [4.78, 5) is 0. The van der Waals surface area contributed by atoms with Gasteiger partial charge >= 0.3 is 0 Å². The molecule has 6 heteroatoms. The van der Waals surface area contributed by atoms with Crippen LogP contribution < -0.4 is 0 Å². The van der Waals surface area contributed by atoms with E-state index in [0.717, 1.165) is 0 Å². The third-order valence-electron chi connectivity index (χ3n) is 0. The quantitative estimate of drug-likeness (QED) is 0.330. The predicted octanol–water partition coefficient (Wildman–Crippen LogP) is -2.68. The molecule has 0 aromatic carbocycles. The van der Waals surface area contributed by atoms with E-state index in [0.29, 0.717) is 0 Å². The van der Waals surface area contributed by atoms with Crippen LogP contribution in [-0.4, -0.2) is 21.9 Å². The number of hydrogen-bond donors (Lipinski definition) is 0. The molecular formula is H9IMnO4. The predicted molar refractivity (Wildman–Crippen MR) is 29.9 cm³/mol. The first-order valence-electron chi connectivity index (χ1n) is 0. The van der Waals surface area contributed by atoms with Gasteiger partial charge in [-0.25, -0.2) is 0 Å². The SMILES string of the molecule is I.O.O.O.O.[Mn]. The molecule has 0 rings (SSSR count). The summed E-state index contributed by atoms with van der Waals surface area (Å²) >= 11 is 0. The summed E-state index contributed by atoms with van der Waals surface area (Å²) in [5.74, 6) is 0. The maximum Gasteiger partial charge on any atom is 0 e. The third-order valence-corrected chi connectivity index (χ3v) is 0. The third kappa shape index (κ3) is 71.7. The molecule has 0 heterocycles. The van der Waals surface area contributed by atoms with Gasteiger partial charge in [0.1, 0.15) is 0 Å².